The minimum absolute atomic E-state index is 0.0423. The van der Waals surface area contributed by atoms with Gasteiger partial charge in [-0.25, -0.2) is 8.78 Å². The van der Waals surface area contributed by atoms with E-state index in [1.165, 1.54) is 12.1 Å². The van der Waals surface area contributed by atoms with Gasteiger partial charge in [0, 0.05) is 11.6 Å². The maximum atomic E-state index is 13.6. The molecule has 17 heavy (non-hydrogen) atoms. The average molecular weight is 238 g/mol. The third-order valence-electron chi connectivity index (χ3n) is 2.51. The third kappa shape index (κ3) is 2.00. The Morgan fingerprint density at radius 2 is 2.00 bits per heavy atom. The fraction of sp³-hybridized carbons (Fsp3) is 0.250. The van der Waals surface area contributed by atoms with Crippen molar-refractivity contribution >= 4 is 5.82 Å². The van der Waals surface area contributed by atoms with Crippen molar-refractivity contribution in [3.8, 4) is 11.3 Å². The molecule has 0 saturated carbocycles. The molecule has 0 spiro atoms. The Morgan fingerprint density at radius 3 is 2.59 bits per heavy atom. The Labute approximate surface area is 97.2 Å². The van der Waals surface area contributed by atoms with Crippen molar-refractivity contribution in [1.29, 1.82) is 0 Å². The molecular formula is C12H12F2N2O. The number of nitrogen functional groups attached to an aromatic ring is 1. The zero-order valence-corrected chi connectivity index (χ0v) is 9.50. The summed E-state index contributed by atoms with van der Waals surface area (Å²) < 4.78 is 31.5. The quantitative estimate of drug-likeness (QED) is 0.873. The summed E-state index contributed by atoms with van der Waals surface area (Å²) in [6, 6.07) is 3.29. The first kappa shape index (κ1) is 11.6. The van der Waals surface area contributed by atoms with Gasteiger partial charge in [-0.15, -0.1) is 0 Å². The fourth-order valence-electron chi connectivity index (χ4n) is 1.74. The van der Waals surface area contributed by atoms with E-state index < -0.39 is 11.6 Å². The number of rotatable bonds is 2. The summed E-state index contributed by atoms with van der Waals surface area (Å²) in [6.45, 7) is 3.79. The summed E-state index contributed by atoms with van der Waals surface area (Å²) in [5.41, 5.74) is 6.46. The van der Waals surface area contributed by atoms with Crippen LogP contribution in [0.3, 0.4) is 0 Å². The first-order chi connectivity index (χ1) is 8.00. The van der Waals surface area contributed by atoms with Gasteiger partial charge in [0.05, 0.1) is 5.56 Å². The fourth-order valence-corrected chi connectivity index (χ4v) is 1.74. The van der Waals surface area contributed by atoms with E-state index in [1.54, 1.807) is 0 Å². The van der Waals surface area contributed by atoms with E-state index >= 15 is 0 Å². The SMILES string of the molecule is CC(C)c1c(N)noc1-c1ccc(F)cc1F. The van der Waals surface area contributed by atoms with E-state index in [4.69, 9.17) is 10.3 Å². The highest BCUT2D eigenvalue weighted by Gasteiger charge is 2.21. The Morgan fingerprint density at radius 1 is 1.29 bits per heavy atom. The molecule has 5 heteroatoms. The molecule has 90 valence electrons. The Bertz CT molecular complexity index is 549. The molecule has 0 unspecified atom stereocenters. The zero-order valence-electron chi connectivity index (χ0n) is 9.50. The van der Waals surface area contributed by atoms with Crippen LogP contribution < -0.4 is 5.73 Å². The van der Waals surface area contributed by atoms with E-state index in [2.05, 4.69) is 5.16 Å². The van der Waals surface area contributed by atoms with E-state index in [-0.39, 0.29) is 23.1 Å². The molecule has 2 rings (SSSR count). The summed E-state index contributed by atoms with van der Waals surface area (Å²) >= 11 is 0. The molecule has 2 N–H and O–H groups in total. The normalized spacial score (nSPS) is 11.1. The molecule has 1 aromatic carbocycles. The molecule has 2 aromatic rings. The van der Waals surface area contributed by atoms with Gasteiger partial charge in [0.25, 0.3) is 0 Å². The van der Waals surface area contributed by atoms with Crippen molar-refractivity contribution in [2.45, 2.75) is 19.8 Å². The van der Waals surface area contributed by atoms with E-state index in [1.807, 2.05) is 13.8 Å². The minimum atomic E-state index is -0.692. The summed E-state index contributed by atoms with van der Waals surface area (Å²) in [5, 5.41) is 3.62. The van der Waals surface area contributed by atoms with Crippen LogP contribution in [-0.4, -0.2) is 5.16 Å². The zero-order chi connectivity index (χ0) is 12.6. The first-order valence-corrected chi connectivity index (χ1v) is 5.21. The Hall–Kier alpha value is -1.91. The van der Waals surface area contributed by atoms with E-state index in [9.17, 15) is 8.78 Å². The maximum absolute atomic E-state index is 13.6. The average Bonchev–Trinajstić information content (AvgIpc) is 2.60. The second-order valence-electron chi connectivity index (χ2n) is 4.09. The monoisotopic (exact) mass is 238 g/mol. The van der Waals surface area contributed by atoms with Gasteiger partial charge < -0.3 is 10.3 Å². The van der Waals surface area contributed by atoms with Gasteiger partial charge in [0.1, 0.15) is 11.6 Å². The summed E-state index contributed by atoms with van der Waals surface area (Å²) in [4.78, 5) is 0. The van der Waals surface area contributed by atoms with Crippen LogP contribution in [-0.2, 0) is 0 Å². The maximum Gasteiger partial charge on any atom is 0.175 e. The summed E-state index contributed by atoms with van der Waals surface area (Å²) in [5.74, 6) is -0.790. The van der Waals surface area contributed by atoms with Crippen LogP contribution in [0, 0.1) is 11.6 Å². The summed E-state index contributed by atoms with van der Waals surface area (Å²) in [7, 11) is 0. The molecule has 1 heterocycles. The van der Waals surface area contributed by atoms with Crippen LogP contribution in [0.1, 0.15) is 25.3 Å². The van der Waals surface area contributed by atoms with Gasteiger partial charge >= 0.3 is 0 Å². The number of nitrogens with zero attached hydrogens (tertiary/aromatic N) is 1. The lowest BCUT2D eigenvalue weighted by molar-refractivity contribution is 0.431. The molecule has 0 aliphatic carbocycles. The van der Waals surface area contributed by atoms with Gasteiger partial charge in [0.15, 0.2) is 11.6 Å². The molecule has 0 fully saturated rings. The molecule has 0 radical (unpaired) electrons. The molecule has 0 aliphatic heterocycles. The highest BCUT2D eigenvalue weighted by molar-refractivity contribution is 5.67. The Kier molecular flexibility index (Phi) is 2.83. The van der Waals surface area contributed by atoms with Crippen molar-refractivity contribution in [2.75, 3.05) is 5.73 Å². The van der Waals surface area contributed by atoms with E-state index in [0.717, 1.165) is 6.07 Å². The molecule has 3 nitrogen and oxygen atoms in total. The van der Waals surface area contributed by atoms with Gasteiger partial charge in [-0.2, -0.15) is 0 Å². The van der Waals surface area contributed by atoms with Crippen LogP contribution in [0.4, 0.5) is 14.6 Å². The lowest BCUT2D eigenvalue weighted by Gasteiger charge is -2.06. The number of anilines is 1. The smallest absolute Gasteiger partial charge is 0.175 e. The Balaban J connectivity index is 2.61. The van der Waals surface area contributed by atoms with Gasteiger partial charge in [-0.05, 0) is 18.1 Å². The second kappa shape index (κ2) is 4.16. The van der Waals surface area contributed by atoms with Gasteiger partial charge in [0.2, 0.25) is 0 Å². The van der Waals surface area contributed by atoms with Gasteiger partial charge in [-0.3, -0.25) is 0 Å². The predicted molar refractivity (Wildman–Crippen MR) is 60.4 cm³/mol. The molecular weight excluding hydrogens is 226 g/mol. The minimum Gasteiger partial charge on any atom is -0.381 e. The van der Waals surface area contributed by atoms with Gasteiger partial charge in [-0.1, -0.05) is 19.0 Å². The van der Waals surface area contributed by atoms with Crippen molar-refractivity contribution in [1.82, 2.24) is 5.16 Å². The number of hydrogen-bond acceptors (Lipinski definition) is 3. The molecule has 0 aliphatic rings. The molecule has 0 saturated heterocycles. The summed E-state index contributed by atoms with van der Waals surface area (Å²) in [6.07, 6.45) is 0. The number of halogens is 2. The highest BCUT2D eigenvalue weighted by Crippen LogP contribution is 2.34. The lowest BCUT2D eigenvalue weighted by atomic mass is 9.99. The van der Waals surface area contributed by atoms with E-state index in [0.29, 0.717) is 5.56 Å². The highest BCUT2D eigenvalue weighted by atomic mass is 19.1. The standard InChI is InChI=1S/C12H12F2N2O/c1-6(2)10-11(17-16-12(10)15)8-4-3-7(13)5-9(8)14/h3-6H,1-2H3,(H2,15,16). The van der Waals surface area contributed by atoms with Crippen molar-refractivity contribution < 1.29 is 13.3 Å². The molecule has 0 atom stereocenters. The number of benzene rings is 1. The van der Waals surface area contributed by atoms with Crippen LogP contribution in [0.5, 0.6) is 0 Å². The second-order valence-corrected chi connectivity index (χ2v) is 4.09. The van der Waals surface area contributed by atoms with Crippen molar-refractivity contribution in [3.63, 3.8) is 0 Å². The topological polar surface area (TPSA) is 52.0 Å². The molecule has 1 aromatic heterocycles. The third-order valence-corrected chi connectivity index (χ3v) is 2.51. The predicted octanol–water partition coefficient (Wildman–Crippen LogP) is 3.33. The van der Waals surface area contributed by atoms with Crippen molar-refractivity contribution in [3.05, 3.63) is 35.4 Å². The number of hydrogen-bond donors (Lipinski definition) is 1. The van der Waals surface area contributed by atoms with Crippen LogP contribution in [0.15, 0.2) is 22.7 Å². The molecule has 0 amide bonds. The first-order valence-electron chi connectivity index (χ1n) is 5.21. The van der Waals surface area contributed by atoms with Crippen LogP contribution in [0.2, 0.25) is 0 Å². The van der Waals surface area contributed by atoms with Crippen LogP contribution in [0.25, 0.3) is 11.3 Å². The van der Waals surface area contributed by atoms with Crippen molar-refractivity contribution in [2.24, 2.45) is 0 Å². The molecule has 0 bridgehead atoms. The number of aromatic nitrogens is 1. The van der Waals surface area contributed by atoms with Crippen LogP contribution >= 0.6 is 0 Å². The largest absolute Gasteiger partial charge is 0.381 e. The number of nitrogens with two attached hydrogens (primary N) is 1. The lowest BCUT2D eigenvalue weighted by Crippen LogP contribution is -1.96.